The highest BCUT2D eigenvalue weighted by molar-refractivity contribution is 7.99. The van der Waals surface area contributed by atoms with Gasteiger partial charge in [0.1, 0.15) is 5.82 Å². The van der Waals surface area contributed by atoms with Gasteiger partial charge in [-0.3, -0.25) is 9.36 Å². The van der Waals surface area contributed by atoms with Crippen molar-refractivity contribution >= 4 is 17.7 Å². The molecule has 0 aliphatic rings. The molecule has 0 atom stereocenters. The minimum Gasteiger partial charge on any atom is -0.481 e. The second-order valence-corrected chi connectivity index (χ2v) is 5.53. The van der Waals surface area contributed by atoms with E-state index in [4.69, 9.17) is 5.11 Å². The van der Waals surface area contributed by atoms with Crippen molar-refractivity contribution in [3.63, 3.8) is 0 Å². The fraction of sp³-hybridized carbons (Fsp3) is 0.308. The first-order valence-corrected chi connectivity index (χ1v) is 7.14. The lowest BCUT2D eigenvalue weighted by molar-refractivity contribution is -0.133. The summed E-state index contributed by atoms with van der Waals surface area (Å²) in [5.41, 5.74) is -0.0309. The molecule has 0 saturated heterocycles. The third kappa shape index (κ3) is 3.21. The van der Waals surface area contributed by atoms with Gasteiger partial charge in [-0.2, -0.15) is 0 Å². The van der Waals surface area contributed by atoms with E-state index in [1.54, 1.807) is 0 Å². The van der Waals surface area contributed by atoms with Gasteiger partial charge in [0.15, 0.2) is 16.8 Å². The van der Waals surface area contributed by atoms with Crippen LogP contribution in [0.15, 0.2) is 23.4 Å². The number of nitrogens with zero attached hydrogens (tertiary/aromatic N) is 3. The molecule has 0 spiro atoms. The summed E-state index contributed by atoms with van der Waals surface area (Å²) in [4.78, 5) is 10.7. The Hall–Kier alpha value is -1.96. The predicted molar refractivity (Wildman–Crippen MR) is 73.7 cm³/mol. The normalized spacial score (nSPS) is 11.1. The van der Waals surface area contributed by atoms with Crippen molar-refractivity contribution in [1.82, 2.24) is 14.8 Å². The number of rotatable bonds is 5. The highest BCUT2D eigenvalue weighted by atomic mass is 32.2. The molecule has 2 rings (SSSR count). The number of hydrogen-bond donors (Lipinski definition) is 1. The molecule has 0 amide bonds. The third-order valence-electron chi connectivity index (χ3n) is 2.67. The van der Waals surface area contributed by atoms with Crippen molar-refractivity contribution in [2.75, 3.05) is 5.75 Å². The number of hydrogen-bond acceptors (Lipinski definition) is 4. The average molecular weight is 313 g/mol. The Balaban J connectivity index is 2.55. The van der Waals surface area contributed by atoms with E-state index in [-0.39, 0.29) is 22.5 Å². The topological polar surface area (TPSA) is 68.0 Å². The molecule has 0 radical (unpaired) electrons. The number of thioether (sulfide) groups is 1. The molecule has 1 aromatic heterocycles. The van der Waals surface area contributed by atoms with Crippen LogP contribution in [0.1, 0.15) is 25.6 Å². The zero-order chi connectivity index (χ0) is 15.6. The molecule has 8 heteroatoms. The van der Waals surface area contributed by atoms with E-state index in [2.05, 4.69) is 10.2 Å². The maximum Gasteiger partial charge on any atom is 0.313 e. The predicted octanol–water partition coefficient (Wildman–Crippen LogP) is 2.85. The van der Waals surface area contributed by atoms with Crippen molar-refractivity contribution in [2.45, 2.75) is 24.9 Å². The Labute approximate surface area is 124 Å². The quantitative estimate of drug-likeness (QED) is 0.860. The molecule has 0 saturated carbocycles. The SMILES string of the molecule is CC(C)c1nnc(SCC(=O)O)n1-c1cccc(F)c1F. The van der Waals surface area contributed by atoms with Crippen molar-refractivity contribution in [3.8, 4) is 5.69 Å². The van der Waals surface area contributed by atoms with E-state index in [0.717, 1.165) is 17.8 Å². The molecule has 0 fully saturated rings. The van der Waals surface area contributed by atoms with E-state index in [1.165, 1.54) is 16.7 Å². The fourth-order valence-corrected chi connectivity index (χ4v) is 2.44. The van der Waals surface area contributed by atoms with Crippen LogP contribution in [0.25, 0.3) is 5.69 Å². The van der Waals surface area contributed by atoms with Crippen LogP contribution in [0.5, 0.6) is 0 Å². The van der Waals surface area contributed by atoms with E-state index >= 15 is 0 Å². The molecule has 21 heavy (non-hydrogen) atoms. The van der Waals surface area contributed by atoms with Gasteiger partial charge in [-0.1, -0.05) is 31.7 Å². The zero-order valence-electron chi connectivity index (χ0n) is 11.4. The largest absolute Gasteiger partial charge is 0.481 e. The van der Waals surface area contributed by atoms with Crippen LogP contribution < -0.4 is 0 Å². The summed E-state index contributed by atoms with van der Waals surface area (Å²) < 4.78 is 28.8. The first-order chi connectivity index (χ1) is 9.91. The summed E-state index contributed by atoms with van der Waals surface area (Å²) in [5.74, 6) is -2.92. The number of halogens is 2. The average Bonchev–Trinajstić information content (AvgIpc) is 2.83. The van der Waals surface area contributed by atoms with Crippen molar-refractivity contribution in [2.24, 2.45) is 0 Å². The van der Waals surface area contributed by atoms with Crippen LogP contribution in [0.3, 0.4) is 0 Å². The molecular formula is C13H13F2N3O2S. The highest BCUT2D eigenvalue weighted by Crippen LogP contribution is 2.27. The van der Waals surface area contributed by atoms with Gasteiger partial charge in [0.25, 0.3) is 0 Å². The molecule has 0 aliphatic heterocycles. The monoisotopic (exact) mass is 313 g/mol. The second kappa shape index (κ2) is 6.21. The number of benzene rings is 1. The third-order valence-corrected chi connectivity index (χ3v) is 3.59. The number of aliphatic carboxylic acids is 1. The Bertz CT molecular complexity index is 673. The molecule has 0 aliphatic carbocycles. The van der Waals surface area contributed by atoms with Crippen LogP contribution in [-0.2, 0) is 4.79 Å². The minimum absolute atomic E-state index is 0.0309. The highest BCUT2D eigenvalue weighted by Gasteiger charge is 2.21. The van der Waals surface area contributed by atoms with Crippen LogP contribution in [0.4, 0.5) is 8.78 Å². The standard InChI is InChI=1S/C13H13F2N3O2S/c1-7(2)12-16-17-13(21-6-10(19)20)18(12)9-5-3-4-8(14)11(9)15/h3-5,7H,6H2,1-2H3,(H,19,20). The van der Waals surface area contributed by atoms with Crippen LogP contribution in [0.2, 0.25) is 0 Å². The first-order valence-electron chi connectivity index (χ1n) is 6.16. The van der Waals surface area contributed by atoms with Gasteiger partial charge in [-0.25, -0.2) is 8.78 Å². The summed E-state index contributed by atoms with van der Waals surface area (Å²) >= 11 is 0.903. The van der Waals surface area contributed by atoms with E-state index < -0.39 is 17.6 Å². The molecule has 1 N–H and O–H groups in total. The van der Waals surface area contributed by atoms with Gasteiger partial charge >= 0.3 is 5.97 Å². The van der Waals surface area contributed by atoms with Crippen LogP contribution >= 0.6 is 11.8 Å². The van der Waals surface area contributed by atoms with Gasteiger partial charge in [0.2, 0.25) is 0 Å². The molecule has 1 aromatic carbocycles. The maximum atomic E-state index is 14.0. The summed E-state index contributed by atoms with van der Waals surface area (Å²) in [5, 5.41) is 16.8. The summed E-state index contributed by atoms with van der Waals surface area (Å²) in [6.45, 7) is 3.67. The maximum absolute atomic E-state index is 14.0. The van der Waals surface area contributed by atoms with E-state index in [0.29, 0.717) is 5.82 Å². The molecule has 2 aromatic rings. The number of carboxylic acid groups (broad SMARTS) is 1. The molecule has 5 nitrogen and oxygen atoms in total. The van der Waals surface area contributed by atoms with E-state index in [1.807, 2.05) is 13.8 Å². The van der Waals surface area contributed by atoms with Gasteiger partial charge < -0.3 is 5.11 Å². The number of aromatic nitrogens is 3. The molecule has 112 valence electrons. The van der Waals surface area contributed by atoms with Gasteiger partial charge in [0.05, 0.1) is 11.4 Å². The number of carbonyl (C=O) groups is 1. The molecule has 0 bridgehead atoms. The van der Waals surface area contributed by atoms with Crippen LogP contribution in [-0.4, -0.2) is 31.6 Å². The Morgan fingerprint density at radius 3 is 2.71 bits per heavy atom. The van der Waals surface area contributed by atoms with Crippen LogP contribution in [0, 0.1) is 11.6 Å². The molecular weight excluding hydrogens is 300 g/mol. The minimum atomic E-state index is -1.03. The Morgan fingerprint density at radius 2 is 2.10 bits per heavy atom. The Kier molecular flexibility index (Phi) is 4.56. The molecule has 0 unspecified atom stereocenters. The smallest absolute Gasteiger partial charge is 0.313 e. The zero-order valence-corrected chi connectivity index (χ0v) is 12.2. The molecule has 1 heterocycles. The summed E-state index contributed by atoms with van der Waals surface area (Å²) in [7, 11) is 0. The second-order valence-electron chi connectivity index (χ2n) is 4.59. The van der Waals surface area contributed by atoms with E-state index in [9.17, 15) is 13.6 Å². The van der Waals surface area contributed by atoms with Gasteiger partial charge in [-0.05, 0) is 12.1 Å². The lowest BCUT2D eigenvalue weighted by Crippen LogP contribution is -2.08. The summed E-state index contributed by atoms with van der Waals surface area (Å²) in [6.07, 6.45) is 0. The lowest BCUT2D eigenvalue weighted by Gasteiger charge is -2.12. The summed E-state index contributed by atoms with van der Waals surface area (Å²) in [6, 6.07) is 3.80. The van der Waals surface area contributed by atoms with Gasteiger partial charge in [-0.15, -0.1) is 10.2 Å². The fourth-order valence-electron chi connectivity index (χ4n) is 1.77. The van der Waals surface area contributed by atoms with Crippen molar-refractivity contribution in [1.29, 1.82) is 0 Å². The Morgan fingerprint density at radius 1 is 1.38 bits per heavy atom. The first kappa shape index (κ1) is 15.4. The van der Waals surface area contributed by atoms with Crippen molar-refractivity contribution in [3.05, 3.63) is 35.7 Å². The van der Waals surface area contributed by atoms with Crippen molar-refractivity contribution < 1.29 is 18.7 Å². The van der Waals surface area contributed by atoms with Gasteiger partial charge in [0, 0.05) is 5.92 Å². The number of carboxylic acids is 1. The lowest BCUT2D eigenvalue weighted by atomic mass is 10.2.